The van der Waals surface area contributed by atoms with Crippen LogP contribution in [0.25, 0.3) is 44.8 Å². The van der Waals surface area contributed by atoms with E-state index in [4.69, 9.17) is 4.52 Å². The van der Waals surface area contributed by atoms with Crippen molar-refractivity contribution < 1.29 is 31.2 Å². The number of aromatic nitrogens is 7. The number of benzene rings is 2. The predicted octanol–water partition coefficient (Wildman–Crippen LogP) is 5.30. The zero-order chi connectivity index (χ0) is 26.4. The molecule has 6 aromatic rings. The number of hydrogen-bond donors (Lipinski definition) is 2. The third kappa shape index (κ3) is 4.27. The summed E-state index contributed by atoms with van der Waals surface area (Å²) in [6.07, 6.45) is 1.28. The number of H-pyrrole nitrogens is 2. The summed E-state index contributed by atoms with van der Waals surface area (Å²) in [7, 11) is 0. The molecule has 2 aromatic carbocycles. The van der Waals surface area contributed by atoms with Crippen LogP contribution in [0.1, 0.15) is 11.3 Å². The highest BCUT2D eigenvalue weighted by atomic mass is 19.4. The molecule has 190 valence electrons. The fourth-order valence-corrected chi connectivity index (χ4v) is 4.07. The highest BCUT2D eigenvalue weighted by Crippen LogP contribution is 2.39. The Morgan fingerprint density at radius 2 is 1.84 bits per heavy atom. The van der Waals surface area contributed by atoms with Gasteiger partial charge in [0.2, 0.25) is 18.5 Å². The maximum absolute atomic E-state index is 14.2. The standard InChI is InChI=1S/C25H14F5N7O/c26-19-3-1-2-17(23(19)27)24-34-21-10-33-37(12-22(21)35-24)11-15-7-20(36-38-15)16-5-4-13(14-8-31-32-9-14)6-18(16)25(28,29)30/h1-10,12H,11H2,(H,31,32,36)/p+1. The normalized spacial score (nSPS) is 11.9. The molecule has 38 heavy (non-hydrogen) atoms. The number of halogens is 5. The van der Waals surface area contributed by atoms with Crippen LogP contribution in [0.15, 0.2) is 71.8 Å². The van der Waals surface area contributed by atoms with Gasteiger partial charge in [-0.1, -0.05) is 28.0 Å². The maximum Gasteiger partial charge on any atom is 0.417 e. The lowest BCUT2D eigenvalue weighted by atomic mass is 9.98. The smallest absolute Gasteiger partial charge is 0.354 e. The molecule has 0 fully saturated rings. The Balaban J connectivity index is 1.29. The first-order valence-corrected chi connectivity index (χ1v) is 11.1. The van der Waals surface area contributed by atoms with Gasteiger partial charge < -0.3 is 9.51 Å². The van der Waals surface area contributed by atoms with E-state index in [2.05, 4.69) is 30.4 Å². The summed E-state index contributed by atoms with van der Waals surface area (Å²) in [5.74, 6) is -1.66. The number of alkyl halides is 3. The largest absolute Gasteiger partial charge is 0.417 e. The van der Waals surface area contributed by atoms with Crippen LogP contribution in [0.4, 0.5) is 22.0 Å². The lowest BCUT2D eigenvalue weighted by Gasteiger charge is -2.12. The van der Waals surface area contributed by atoms with Crippen LogP contribution in [0.3, 0.4) is 0 Å². The van der Waals surface area contributed by atoms with Crippen LogP contribution >= 0.6 is 0 Å². The summed E-state index contributed by atoms with van der Waals surface area (Å²) in [5, 5.41) is 14.4. The Bertz CT molecular complexity index is 1770. The molecule has 0 aliphatic rings. The average Bonchev–Trinajstić information content (AvgIpc) is 3.66. The molecule has 6 rings (SSSR count). The highest BCUT2D eigenvalue weighted by molar-refractivity contribution is 5.77. The molecule has 2 N–H and O–H groups in total. The third-order valence-electron chi connectivity index (χ3n) is 5.88. The van der Waals surface area contributed by atoms with Crippen LogP contribution in [-0.4, -0.2) is 30.4 Å². The summed E-state index contributed by atoms with van der Waals surface area (Å²) >= 11 is 0. The van der Waals surface area contributed by atoms with Gasteiger partial charge in [-0.15, -0.1) is 0 Å². The van der Waals surface area contributed by atoms with Gasteiger partial charge in [0.25, 0.3) is 0 Å². The quantitative estimate of drug-likeness (QED) is 0.236. The number of imidazole rings is 1. The van der Waals surface area contributed by atoms with E-state index in [0.717, 1.165) is 12.1 Å². The van der Waals surface area contributed by atoms with Crippen LogP contribution in [0.2, 0.25) is 0 Å². The fraction of sp³-hybridized carbons (Fsp3) is 0.0800. The van der Waals surface area contributed by atoms with Gasteiger partial charge in [0, 0.05) is 23.4 Å². The number of hydrogen-bond acceptors (Lipinski definition) is 5. The van der Waals surface area contributed by atoms with Gasteiger partial charge in [0.05, 0.1) is 17.3 Å². The first-order chi connectivity index (χ1) is 18.3. The third-order valence-corrected chi connectivity index (χ3v) is 5.88. The van der Waals surface area contributed by atoms with Crippen molar-refractivity contribution in [1.82, 2.24) is 30.4 Å². The summed E-state index contributed by atoms with van der Waals surface area (Å²) in [5.41, 5.74) is 0.733. The molecule has 0 unspecified atom stereocenters. The van der Waals surface area contributed by atoms with E-state index >= 15 is 0 Å². The summed E-state index contributed by atoms with van der Waals surface area (Å²) < 4.78 is 76.2. The molecule has 0 saturated heterocycles. The lowest BCUT2D eigenvalue weighted by molar-refractivity contribution is -0.746. The fourth-order valence-electron chi connectivity index (χ4n) is 4.07. The molecule has 0 atom stereocenters. The Morgan fingerprint density at radius 3 is 2.63 bits per heavy atom. The zero-order valence-electron chi connectivity index (χ0n) is 19.1. The predicted molar refractivity (Wildman–Crippen MR) is 123 cm³/mol. The Hall–Kier alpha value is -4.94. The van der Waals surface area contributed by atoms with Crippen molar-refractivity contribution in [2.45, 2.75) is 12.7 Å². The van der Waals surface area contributed by atoms with Crippen molar-refractivity contribution in [2.75, 3.05) is 0 Å². The molecule has 8 nitrogen and oxygen atoms in total. The molecule has 0 spiro atoms. The molecular formula is C25H15F5N7O+. The minimum Gasteiger partial charge on any atom is -0.354 e. The minimum absolute atomic E-state index is 0.0122. The van der Waals surface area contributed by atoms with Crippen molar-refractivity contribution in [3.8, 4) is 33.8 Å². The van der Waals surface area contributed by atoms with Gasteiger partial charge in [-0.2, -0.15) is 18.3 Å². The molecule has 0 aliphatic heterocycles. The van der Waals surface area contributed by atoms with Gasteiger partial charge in [-0.25, -0.2) is 13.8 Å². The second-order valence-corrected chi connectivity index (χ2v) is 8.38. The number of rotatable bonds is 5. The average molecular weight is 524 g/mol. The van der Waals surface area contributed by atoms with E-state index in [1.165, 1.54) is 47.5 Å². The highest BCUT2D eigenvalue weighted by Gasteiger charge is 2.35. The first kappa shape index (κ1) is 23.5. The second kappa shape index (κ2) is 8.87. The SMILES string of the molecule is Fc1cccc(-c2nc3cn[n+](Cc4cc(-c5ccc(-c6cn[nH]c6)cc5C(F)(F)F)no4)cc3[nH]2)c1F. The van der Waals surface area contributed by atoms with Crippen LogP contribution in [0.5, 0.6) is 0 Å². The van der Waals surface area contributed by atoms with Crippen molar-refractivity contribution >= 4 is 11.0 Å². The molecular weight excluding hydrogens is 509 g/mol. The van der Waals surface area contributed by atoms with Crippen molar-refractivity contribution in [3.05, 3.63) is 90.2 Å². The monoisotopic (exact) mass is 524 g/mol. The lowest BCUT2D eigenvalue weighted by Crippen LogP contribution is -2.37. The molecule has 0 radical (unpaired) electrons. The van der Waals surface area contributed by atoms with Gasteiger partial charge in [0.1, 0.15) is 28.7 Å². The van der Waals surface area contributed by atoms with Crippen LogP contribution < -0.4 is 4.68 Å². The topological polar surface area (TPSA) is 100 Å². The number of nitrogens with zero attached hydrogens (tertiary/aromatic N) is 5. The van der Waals surface area contributed by atoms with E-state index in [1.807, 2.05) is 0 Å². The second-order valence-electron chi connectivity index (χ2n) is 8.38. The van der Waals surface area contributed by atoms with Gasteiger partial charge in [-0.3, -0.25) is 5.10 Å². The van der Waals surface area contributed by atoms with E-state index in [9.17, 15) is 22.0 Å². The zero-order valence-corrected chi connectivity index (χ0v) is 19.1. The Kier molecular flexibility index (Phi) is 5.47. The van der Waals surface area contributed by atoms with E-state index in [0.29, 0.717) is 22.2 Å². The van der Waals surface area contributed by atoms with Crippen LogP contribution in [0, 0.1) is 11.6 Å². The molecule has 4 aromatic heterocycles. The minimum atomic E-state index is -4.63. The summed E-state index contributed by atoms with van der Waals surface area (Å²) in [4.78, 5) is 7.17. The summed E-state index contributed by atoms with van der Waals surface area (Å²) in [6, 6.07) is 9.10. The van der Waals surface area contributed by atoms with Crippen LogP contribution in [-0.2, 0) is 12.7 Å². The molecule has 0 aliphatic carbocycles. The van der Waals surface area contributed by atoms with Crippen molar-refractivity contribution in [3.63, 3.8) is 0 Å². The first-order valence-electron chi connectivity index (χ1n) is 11.1. The van der Waals surface area contributed by atoms with Gasteiger partial charge in [-0.05, 0) is 28.9 Å². The van der Waals surface area contributed by atoms with Gasteiger partial charge >= 0.3 is 6.18 Å². The maximum atomic E-state index is 14.2. The van der Waals surface area contributed by atoms with Crippen molar-refractivity contribution in [1.29, 1.82) is 0 Å². The van der Waals surface area contributed by atoms with E-state index < -0.39 is 23.4 Å². The number of fused-ring (bicyclic) bond motifs is 1. The Morgan fingerprint density at radius 1 is 0.974 bits per heavy atom. The molecule has 0 bridgehead atoms. The number of aromatic amines is 2. The molecule has 0 saturated carbocycles. The molecule has 0 amide bonds. The van der Waals surface area contributed by atoms with Gasteiger partial charge in [0.15, 0.2) is 11.6 Å². The van der Waals surface area contributed by atoms with E-state index in [1.54, 1.807) is 12.3 Å². The molecule has 4 heterocycles. The van der Waals surface area contributed by atoms with Crippen molar-refractivity contribution in [2.24, 2.45) is 0 Å². The van der Waals surface area contributed by atoms with E-state index in [-0.39, 0.29) is 35.0 Å². The summed E-state index contributed by atoms with van der Waals surface area (Å²) in [6.45, 7) is 0.0417. The number of nitrogens with one attached hydrogen (secondary N) is 2. The Labute approximate surface area is 209 Å². The molecule has 13 heteroatoms.